The van der Waals surface area contributed by atoms with E-state index in [4.69, 9.17) is 0 Å². The van der Waals surface area contributed by atoms with Crippen molar-refractivity contribution in [1.82, 2.24) is 10.3 Å². The van der Waals surface area contributed by atoms with Crippen LogP contribution >= 0.6 is 11.3 Å². The van der Waals surface area contributed by atoms with E-state index in [9.17, 15) is 14.9 Å². The molecule has 0 saturated carbocycles. The molecule has 0 aromatic carbocycles. The molecule has 0 radical (unpaired) electrons. The van der Waals surface area contributed by atoms with Gasteiger partial charge in [-0.15, -0.1) is 11.3 Å². The molecule has 0 spiro atoms. The van der Waals surface area contributed by atoms with Crippen molar-refractivity contribution in [3.63, 3.8) is 0 Å². The minimum Gasteiger partial charge on any atom is -0.342 e. The summed E-state index contributed by atoms with van der Waals surface area (Å²) in [4.78, 5) is 26.3. The maximum atomic E-state index is 11.2. The number of hydrogen-bond donors (Lipinski definition) is 1. The van der Waals surface area contributed by atoms with Crippen LogP contribution in [0.2, 0.25) is 0 Å². The van der Waals surface area contributed by atoms with Gasteiger partial charge in [0, 0.05) is 24.0 Å². The van der Waals surface area contributed by atoms with Crippen molar-refractivity contribution in [2.45, 2.75) is 24.9 Å². The molecule has 1 aromatic rings. The van der Waals surface area contributed by atoms with Crippen molar-refractivity contribution < 1.29 is 9.72 Å². The number of carbonyl (C=O) groups is 1. The van der Waals surface area contributed by atoms with E-state index in [1.165, 1.54) is 11.3 Å². The molecule has 1 fully saturated rings. The first kappa shape index (κ1) is 10.0. The summed E-state index contributed by atoms with van der Waals surface area (Å²) in [5.74, 6) is -0.133. The molecule has 2 atom stereocenters. The normalized spacial score (nSPS) is 26.0. The molecule has 1 N–H and O–H groups in total. The van der Waals surface area contributed by atoms with E-state index >= 15 is 0 Å². The Morgan fingerprint density at radius 1 is 1.67 bits per heavy atom. The Kier molecular flexibility index (Phi) is 2.63. The van der Waals surface area contributed by atoms with Gasteiger partial charge in [-0.3, -0.25) is 19.9 Å². The molecule has 6 nitrogen and oxygen atoms in total. The van der Waals surface area contributed by atoms with Crippen LogP contribution in [0.1, 0.15) is 23.8 Å². The zero-order valence-corrected chi connectivity index (χ0v) is 8.57. The number of thiazole rings is 1. The summed E-state index contributed by atoms with van der Waals surface area (Å²) in [6, 6.07) is -1.25. The molecule has 0 aliphatic carbocycles. The summed E-state index contributed by atoms with van der Waals surface area (Å²) in [5, 5.41) is 13.4. The number of piperidine rings is 1. The fourth-order valence-electron chi connectivity index (χ4n) is 1.65. The minimum atomic E-state index is -0.733. The number of hydrogen-bond acceptors (Lipinski definition) is 5. The van der Waals surface area contributed by atoms with Gasteiger partial charge in [0.05, 0.1) is 10.4 Å². The van der Waals surface area contributed by atoms with Gasteiger partial charge in [0.25, 0.3) is 0 Å². The standard InChI is InChI=1S/C8H9N3O3S/c12-7-2-1-5(11(13)14)8(10-7)6-3-9-4-15-6/h3-5,8H,1-2H2,(H,10,12)/t5-,8-/m1/s1. The average Bonchev–Trinajstić information content (AvgIpc) is 2.69. The molecule has 2 rings (SSSR count). The van der Waals surface area contributed by atoms with E-state index in [2.05, 4.69) is 10.3 Å². The van der Waals surface area contributed by atoms with E-state index in [0.29, 0.717) is 6.42 Å². The summed E-state index contributed by atoms with van der Waals surface area (Å²) in [6.07, 6.45) is 2.08. The molecular formula is C8H9N3O3S. The van der Waals surface area contributed by atoms with Crippen LogP contribution in [0, 0.1) is 10.1 Å². The van der Waals surface area contributed by atoms with Gasteiger partial charge in [-0.25, -0.2) is 0 Å². The molecule has 2 heterocycles. The zero-order valence-electron chi connectivity index (χ0n) is 7.75. The third-order valence-electron chi connectivity index (χ3n) is 2.40. The van der Waals surface area contributed by atoms with Gasteiger partial charge >= 0.3 is 0 Å². The molecule has 1 aliphatic heterocycles. The van der Waals surface area contributed by atoms with Crippen molar-refractivity contribution in [3.8, 4) is 0 Å². The van der Waals surface area contributed by atoms with E-state index in [1.54, 1.807) is 11.7 Å². The topological polar surface area (TPSA) is 85.1 Å². The van der Waals surface area contributed by atoms with Gasteiger partial charge in [-0.2, -0.15) is 0 Å². The van der Waals surface area contributed by atoms with Gasteiger partial charge in [0.15, 0.2) is 0 Å². The van der Waals surface area contributed by atoms with Crippen molar-refractivity contribution in [2.24, 2.45) is 0 Å². The summed E-state index contributed by atoms with van der Waals surface area (Å²) >= 11 is 1.32. The van der Waals surface area contributed by atoms with Crippen LogP contribution in [0.25, 0.3) is 0 Å². The Morgan fingerprint density at radius 2 is 2.47 bits per heavy atom. The Hall–Kier alpha value is -1.50. The smallest absolute Gasteiger partial charge is 0.238 e. The minimum absolute atomic E-state index is 0.133. The van der Waals surface area contributed by atoms with Crippen molar-refractivity contribution in [1.29, 1.82) is 0 Å². The SMILES string of the molecule is O=C1CC[C@@H]([N+](=O)[O-])[C@H](c2cncs2)N1. The second kappa shape index (κ2) is 3.93. The van der Waals surface area contributed by atoms with Crippen molar-refractivity contribution >= 4 is 17.2 Å². The van der Waals surface area contributed by atoms with E-state index in [-0.39, 0.29) is 17.3 Å². The average molecular weight is 227 g/mol. The molecule has 0 unspecified atom stereocenters. The van der Waals surface area contributed by atoms with E-state index < -0.39 is 12.1 Å². The van der Waals surface area contributed by atoms with Gasteiger partial charge in [0.2, 0.25) is 11.9 Å². The number of amides is 1. The number of aromatic nitrogens is 1. The Labute approximate surface area is 89.5 Å². The van der Waals surface area contributed by atoms with E-state index in [0.717, 1.165) is 4.88 Å². The maximum absolute atomic E-state index is 11.2. The summed E-state index contributed by atoms with van der Waals surface area (Å²) in [6.45, 7) is 0. The number of carbonyl (C=O) groups excluding carboxylic acids is 1. The molecular weight excluding hydrogens is 218 g/mol. The van der Waals surface area contributed by atoms with Gasteiger partial charge in [-0.05, 0) is 0 Å². The lowest BCUT2D eigenvalue weighted by Crippen LogP contribution is -2.44. The number of rotatable bonds is 2. The quantitative estimate of drug-likeness (QED) is 0.596. The molecule has 1 amide bonds. The van der Waals surface area contributed by atoms with Crippen LogP contribution in [-0.2, 0) is 4.79 Å². The van der Waals surface area contributed by atoms with E-state index in [1.807, 2.05) is 0 Å². The second-order valence-electron chi connectivity index (χ2n) is 3.34. The number of nitrogens with one attached hydrogen (secondary N) is 1. The predicted octanol–water partition coefficient (Wildman–Crippen LogP) is 0.739. The lowest BCUT2D eigenvalue weighted by Gasteiger charge is -2.25. The van der Waals surface area contributed by atoms with Gasteiger partial charge in [0.1, 0.15) is 6.04 Å². The highest BCUT2D eigenvalue weighted by atomic mass is 32.1. The predicted molar refractivity (Wildman–Crippen MR) is 53.0 cm³/mol. The lowest BCUT2D eigenvalue weighted by molar-refractivity contribution is -0.529. The first-order chi connectivity index (χ1) is 7.18. The lowest BCUT2D eigenvalue weighted by atomic mass is 9.98. The highest BCUT2D eigenvalue weighted by molar-refractivity contribution is 7.09. The fourth-order valence-corrected chi connectivity index (χ4v) is 2.38. The molecule has 1 aliphatic rings. The van der Waals surface area contributed by atoms with Crippen LogP contribution in [0.15, 0.2) is 11.7 Å². The monoisotopic (exact) mass is 227 g/mol. The second-order valence-corrected chi connectivity index (χ2v) is 4.26. The van der Waals surface area contributed by atoms with Crippen LogP contribution in [0.4, 0.5) is 0 Å². The molecule has 0 bridgehead atoms. The zero-order chi connectivity index (χ0) is 10.8. The molecule has 7 heteroatoms. The Morgan fingerprint density at radius 3 is 3.07 bits per heavy atom. The summed E-state index contributed by atoms with van der Waals surface area (Å²) < 4.78 is 0. The van der Waals surface area contributed by atoms with Crippen molar-refractivity contribution in [3.05, 3.63) is 26.7 Å². The van der Waals surface area contributed by atoms with Gasteiger partial charge in [-0.1, -0.05) is 0 Å². The molecule has 80 valence electrons. The first-order valence-corrected chi connectivity index (χ1v) is 5.37. The summed E-state index contributed by atoms with van der Waals surface area (Å²) in [7, 11) is 0. The largest absolute Gasteiger partial charge is 0.342 e. The maximum Gasteiger partial charge on any atom is 0.238 e. The first-order valence-electron chi connectivity index (χ1n) is 4.49. The van der Waals surface area contributed by atoms with Crippen LogP contribution in [0.3, 0.4) is 0 Å². The third kappa shape index (κ3) is 1.96. The Balaban J connectivity index is 2.24. The van der Waals surface area contributed by atoms with Crippen LogP contribution < -0.4 is 5.32 Å². The van der Waals surface area contributed by atoms with Crippen LogP contribution in [0.5, 0.6) is 0 Å². The van der Waals surface area contributed by atoms with Crippen molar-refractivity contribution in [2.75, 3.05) is 0 Å². The highest BCUT2D eigenvalue weighted by Crippen LogP contribution is 2.28. The van der Waals surface area contributed by atoms with Crippen LogP contribution in [-0.4, -0.2) is 21.9 Å². The Bertz CT molecular complexity index is 378. The summed E-state index contributed by atoms with van der Waals surface area (Å²) in [5.41, 5.74) is 1.60. The number of nitrogens with zero attached hydrogens (tertiary/aromatic N) is 2. The molecule has 1 saturated heterocycles. The van der Waals surface area contributed by atoms with Gasteiger partial charge < -0.3 is 5.32 Å². The third-order valence-corrected chi connectivity index (χ3v) is 3.26. The number of nitro groups is 1. The molecule has 15 heavy (non-hydrogen) atoms. The highest BCUT2D eigenvalue weighted by Gasteiger charge is 2.38. The molecule has 1 aromatic heterocycles. The fraction of sp³-hybridized carbons (Fsp3) is 0.500.